The van der Waals surface area contributed by atoms with Gasteiger partial charge in [0.1, 0.15) is 0 Å². The molecule has 0 atom stereocenters. The Balaban J connectivity index is 1.39. The average Bonchev–Trinajstić information content (AvgIpc) is 3.03. The summed E-state index contributed by atoms with van der Waals surface area (Å²) in [6.07, 6.45) is 9.50. The van der Waals surface area contributed by atoms with Crippen LogP contribution in [0.3, 0.4) is 0 Å². The van der Waals surface area contributed by atoms with E-state index in [9.17, 15) is 4.79 Å². The van der Waals surface area contributed by atoms with Crippen molar-refractivity contribution >= 4 is 11.6 Å². The van der Waals surface area contributed by atoms with Gasteiger partial charge in [-0.3, -0.25) is 9.48 Å². The van der Waals surface area contributed by atoms with Crippen molar-refractivity contribution in [3.05, 3.63) is 47.8 Å². The number of amides is 1. The average molecular weight is 367 g/mol. The largest absolute Gasteiger partial charge is 0.323 e. The van der Waals surface area contributed by atoms with Crippen molar-refractivity contribution in [2.75, 3.05) is 18.4 Å². The minimum absolute atomic E-state index is 0.135. The first-order valence-electron chi connectivity index (χ1n) is 10.2. The van der Waals surface area contributed by atoms with Crippen molar-refractivity contribution in [2.24, 2.45) is 18.4 Å². The molecule has 1 spiro atoms. The first-order valence-corrected chi connectivity index (χ1v) is 10.2. The zero-order valence-electron chi connectivity index (χ0n) is 16.2. The maximum absolute atomic E-state index is 12.9. The zero-order chi connectivity index (χ0) is 18.7. The van der Waals surface area contributed by atoms with E-state index in [1.165, 1.54) is 31.2 Å². The third-order valence-corrected chi connectivity index (χ3v) is 6.62. The molecule has 144 valence electrons. The lowest BCUT2D eigenvalue weighted by Crippen LogP contribution is -2.40. The van der Waals surface area contributed by atoms with E-state index >= 15 is 0 Å². The van der Waals surface area contributed by atoms with Crippen LogP contribution in [0.25, 0.3) is 0 Å². The van der Waals surface area contributed by atoms with E-state index < -0.39 is 0 Å². The van der Waals surface area contributed by atoms with Crippen molar-refractivity contribution in [1.29, 1.82) is 0 Å². The zero-order valence-corrected chi connectivity index (χ0v) is 16.2. The van der Waals surface area contributed by atoms with Gasteiger partial charge >= 0.3 is 0 Å². The van der Waals surface area contributed by atoms with Crippen LogP contribution in [-0.2, 0) is 18.3 Å². The van der Waals surface area contributed by atoms with Crippen LogP contribution in [0, 0.1) is 11.3 Å². The smallest absolute Gasteiger partial charge is 0.227 e. The van der Waals surface area contributed by atoms with Crippen molar-refractivity contribution in [1.82, 2.24) is 15.1 Å². The van der Waals surface area contributed by atoms with Gasteiger partial charge in [-0.25, -0.2) is 0 Å². The number of nitrogens with one attached hydrogen (secondary N) is 2. The second-order valence-electron chi connectivity index (χ2n) is 8.30. The Morgan fingerprint density at radius 1 is 1.19 bits per heavy atom. The van der Waals surface area contributed by atoms with Crippen LogP contribution in [0.2, 0.25) is 0 Å². The highest BCUT2D eigenvalue weighted by atomic mass is 16.1. The molecule has 1 aliphatic carbocycles. The number of benzene rings is 1. The third-order valence-electron chi connectivity index (χ3n) is 6.62. The SMILES string of the molecule is Cn1ncc(NC(=O)C2CCC3(CCNCC3)CC2)c1Cc1ccccc1. The Hall–Kier alpha value is -2.14. The van der Waals surface area contributed by atoms with Gasteiger partial charge in [0.2, 0.25) is 5.91 Å². The molecule has 1 amide bonds. The molecular formula is C22H30N4O. The number of hydrogen-bond acceptors (Lipinski definition) is 3. The van der Waals surface area contributed by atoms with Crippen molar-refractivity contribution in [3.8, 4) is 0 Å². The highest BCUT2D eigenvalue weighted by Gasteiger charge is 2.38. The van der Waals surface area contributed by atoms with E-state index in [-0.39, 0.29) is 11.8 Å². The number of aryl methyl sites for hydroxylation is 1. The number of carbonyl (C=O) groups excluding carboxylic acids is 1. The number of piperidine rings is 1. The van der Waals surface area contributed by atoms with Gasteiger partial charge in [0.05, 0.1) is 17.6 Å². The monoisotopic (exact) mass is 366 g/mol. The van der Waals surface area contributed by atoms with E-state index in [4.69, 9.17) is 0 Å². The quantitative estimate of drug-likeness (QED) is 0.871. The fourth-order valence-corrected chi connectivity index (χ4v) is 4.75. The molecule has 5 heteroatoms. The van der Waals surface area contributed by atoms with Gasteiger partial charge in [-0.2, -0.15) is 5.10 Å². The molecule has 2 N–H and O–H groups in total. The lowest BCUT2D eigenvalue weighted by molar-refractivity contribution is -0.121. The summed E-state index contributed by atoms with van der Waals surface area (Å²) in [4.78, 5) is 12.9. The molecule has 2 aliphatic rings. The summed E-state index contributed by atoms with van der Waals surface area (Å²) in [6.45, 7) is 2.27. The first-order chi connectivity index (χ1) is 13.2. The van der Waals surface area contributed by atoms with Gasteiger partial charge in [-0.15, -0.1) is 0 Å². The van der Waals surface area contributed by atoms with Gasteiger partial charge < -0.3 is 10.6 Å². The van der Waals surface area contributed by atoms with Gasteiger partial charge in [0.15, 0.2) is 0 Å². The molecule has 0 radical (unpaired) electrons. The summed E-state index contributed by atoms with van der Waals surface area (Å²) in [7, 11) is 1.94. The molecule has 0 bridgehead atoms. The van der Waals surface area contributed by atoms with E-state index in [0.29, 0.717) is 5.41 Å². The van der Waals surface area contributed by atoms with Crippen molar-refractivity contribution in [3.63, 3.8) is 0 Å². The molecule has 4 rings (SSSR count). The van der Waals surface area contributed by atoms with E-state index in [1.807, 2.05) is 29.9 Å². The van der Waals surface area contributed by atoms with Crippen LogP contribution in [0.1, 0.15) is 49.8 Å². The number of aromatic nitrogens is 2. The summed E-state index contributed by atoms with van der Waals surface area (Å²) in [5.41, 5.74) is 3.63. The lowest BCUT2D eigenvalue weighted by Gasteiger charge is -2.42. The predicted octanol–water partition coefficient (Wildman–Crippen LogP) is 3.51. The van der Waals surface area contributed by atoms with Crippen LogP contribution in [0.5, 0.6) is 0 Å². The molecular weight excluding hydrogens is 336 g/mol. The second-order valence-corrected chi connectivity index (χ2v) is 8.30. The highest BCUT2D eigenvalue weighted by Crippen LogP contribution is 2.45. The molecule has 2 fully saturated rings. The molecule has 1 aromatic heterocycles. The Kier molecular flexibility index (Phi) is 5.30. The Morgan fingerprint density at radius 3 is 2.59 bits per heavy atom. The van der Waals surface area contributed by atoms with Gasteiger partial charge in [0.25, 0.3) is 0 Å². The maximum atomic E-state index is 12.9. The summed E-state index contributed by atoms with van der Waals surface area (Å²) >= 11 is 0. The van der Waals surface area contributed by atoms with Crippen LogP contribution < -0.4 is 10.6 Å². The normalized spacial score (nSPS) is 19.9. The summed E-state index contributed by atoms with van der Waals surface area (Å²) < 4.78 is 1.87. The molecule has 2 heterocycles. The standard InChI is InChI=1S/C22H30N4O/c1-26-20(15-17-5-3-2-4-6-17)19(16-24-26)25-21(27)18-7-9-22(10-8-18)11-13-23-14-12-22/h2-6,16,18,23H,7-15H2,1H3,(H,25,27). The fraction of sp³-hybridized carbons (Fsp3) is 0.545. The summed E-state index contributed by atoms with van der Waals surface area (Å²) in [5.74, 6) is 0.302. The van der Waals surface area contributed by atoms with Gasteiger partial charge in [-0.1, -0.05) is 30.3 Å². The molecule has 2 aromatic rings. The molecule has 1 aromatic carbocycles. The highest BCUT2D eigenvalue weighted by molar-refractivity contribution is 5.93. The minimum Gasteiger partial charge on any atom is -0.323 e. The predicted molar refractivity (Wildman–Crippen MR) is 108 cm³/mol. The molecule has 0 unspecified atom stereocenters. The van der Waals surface area contributed by atoms with E-state index in [2.05, 4.69) is 27.9 Å². The lowest BCUT2D eigenvalue weighted by atomic mass is 9.65. The number of anilines is 1. The minimum atomic E-state index is 0.135. The van der Waals surface area contributed by atoms with Crippen LogP contribution in [-0.4, -0.2) is 28.8 Å². The maximum Gasteiger partial charge on any atom is 0.227 e. The Bertz CT molecular complexity index is 767. The molecule has 27 heavy (non-hydrogen) atoms. The number of rotatable bonds is 4. The number of nitrogens with zero attached hydrogens (tertiary/aromatic N) is 2. The van der Waals surface area contributed by atoms with Crippen LogP contribution in [0.15, 0.2) is 36.5 Å². The third kappa shape index (κ3) is 4.08. The van der Waals surface area contributed by atoms with E-state index in [1.54, 1.807) is 6.20 Å². The van der Waals surface area contributed by atoms with Gasteiger partial charge in [-0.05, 0) is 62.6 Å². The second kappa shape index (κ2) is 7.85. The molecule has 1 aliphatic heterocycles. The topological polar surface area (TPSA) is 59.0 Å². The van der Waals surface area contributed by atoms with Crippen molar-refractivity contribution < 1.29 is 4.79 Å². The van der Waals surface area contributed by atoms with Crippen LogP contribution in [0.4, 0.5) is 5.69 Å². The van der Waals surface area contributed by atoms with Crippen LogP contribution >= 0.6 is 0 Å². The van der Waals surface area contributed by atoms with Crippen molar-refractivity contribution in [2.45, 2.75) is 44.9 Å². The summed E-state index contributed by atoms with van der Waals surface area (Å²) in [6, 6.07) is 10.3. The Labute approximate surface area is 161 Å². The fourth-order valence-electron chi connectivity index (χ4n) is 4.75. The molecule has 1 saturated carbocycles. The first kappa shape index (κ1) is 18.2. The number of carbonyl (C=O) groups is 1. The van der Waals surface area contributed by atoms with Gasteiger partial charge in [0, 0.05) is 19.4 Å². The Morgan fingerprint density at radius 2 is 1.89 bits per heavy atom. The molecule has 1 saturated heterocycles. The van der Waals surface area contributed by atoms with E-state index in [0.717, 1.165) is 43.7 Å². The number of hydrogen-bond donors (Lipinski definition) is 2. The molecule has 5 nitrogen and oxygen atoms in total. The summed E-state index contributed by atoms with van der Waals surface area (Å²) in [5, 5.41) is 11.0.